The van der Waals surface area contributed by atoms with E-state index in [0.717, 1.165) is 24.4 Å². The third-order valence-electron chi connectivity index (χ3n) is 5.64. The maximum Gasteiger partial charge on any atom is 0.0897 e. The smallest absolute Gasteiger partial charge is 0.0897 e. The molecule has 0 aromatic rings. The molecule has 0 heterocycles. The highest BCUT2D eigenvalue weighted by Crippen LogP contribution is 2.55. The lowest BCUT2D eigenvalue weighted by atomic mass is 9.53. The van der Waals surface area contributed by atoms with E-state index in [4.69, 9.17) is 9.47 Å². The van der Waals surface area contributed by atoms with Gasteiger partial charge >= 0.3 is 0 Å². The van der Waals surface area contributed by atoms with Crippen LogP contribution in [-0.4, -0.2) is 49.7 Å². The van der Waals surface area contributed by atoms with Crippen LogP contribution < -0.4 is 5.32 Å². The molecule has 2 N–H and O–H groups in total. The molecule has 0 aromatic heterocycles. The maximum absolute atomic E-state index is 10.1. The second-order valence-electron chi connectivity index (χ2n) is 7.50. The molecule has 0 radical (unpaired) electrons. The van der Waals surface area contributed by atoms with E-state index < -0.39 is 6.10 Å². The van der Waals surface area contributed by atoms with E-state index >= 15 is 0 Å². The summed E-state index contributed by atoms with van der Waals surface area (Å²) in [7, 11) is 0. The minimum absolute atomic E-state index is 0.334. The van der Waals surface area contributed by atoms with Crippen LogP contribution in [0.5, 0.6) is 0 Å². The molecule has 4 bridgehead atoms. The monoisotopic (exact) mass is 297 g/mol. The first kappa shape index (κ1) is 15.7. The minimum atomic E-state index is -0.403. The largest absolute Gasteiger partial charge is 0.389 e. The van der Waals surface area contributed by atoms with Gasteiger partial charge in [-0.2, -0.15) is 0 Å². The first-order chi connectivity index (χ1) is 10.2. The van der Waals surface area contributed by atoms with Crippen LogP contribution in [0.4, 0.5) is 0 Å². The normalized spacial score (nSPS) is 38.9. The van der Waals surface area contributed by atoms with Gasteiger partial charge in [-0.3, -0.25) is 0 Å². The molecule has 4 nitrogen and oxygen atoms in total. The second kappa shape index (κ2) is 6.95. The second-order valence-corrected chi connectivity index (χ2v) is 7.50. The molecule has 1 atom stereocenters. The van der Waals surface area contributed by atoms with Gasteiger partial charge in [-0.1, -0.05) is 0 Å². The number of aliphatic hydroxyl groups is 1. The van der Waals surface area contributed by atoms with Gasteiger partial charge in [0.1, 0.15) is 0 Å². The number of rotatable bonds is 9. The summed E-state index contributed by atoms with van der Waals surface area (Å²) in [5.74, 6) is 2.84. The summed E-state index contributed by atoms with van der Waals surface area (Å²) in [5.41, 5.74) is 0.334. The maximum atomic E-state index is 10.1. The van der Waals surface area contributed by atoms with Gasteiger partial charge < -0.3 is 19.9 Å². The van der Waals surface area contributed by atoms with Crippen LogP contribution in [0.25, 0.3) is 0 Å². The Morgan fingerprint density at radius 3 is 2.19 bits per heavy atom. The van der Waals surface area contributed by atoms with Gasteiger partial charge in [0.25, 0.3) is 0 Å². The van der Waals surface area contributed by atoms with Crippen LogP contribution in [-0.2, 0) is 9.47 Å². The number of aliphatic hydroxyl groups excluding tert-OH is 1. The summed E-state index contributed by atoms with van der Waals surface area (Å²) in [5, 5.41) is 13.8. The zero-order chi connectivity index (χ0) is 14.7. The van der Waals surface area contributed by atoms with E-state index in [-0.39, 0.29) is 0 Å². The molecule has 0 amide bonds. The van der Waals surface area contributed by atoms with E-state index in [2.05, 4.69) is 5.32 Å². The third kappa shape index (κ3) is 3.98. The molecule has 122 valence electrons. The Kier molecular flexibility index (Phi) is 5.20. The first-order valence-electron chi connectivity index (χ1n) is 8.77. The Labute approximate surface area is 128 Å². The first-order valence-corrected chi connectivity index (χ1v) is 8.77. The molecule has 4 heteroatoms. The summed E-state index contributed by atoms with van der Waals surface area (Å²) < 4.78 is 10.7. The zero-order valence-electron chi connectivity index (χ0n) is 13.4. The molecular formula is C17H31NO3. The average molecular weight is 297 g/mol. The molecule has 1 unspecified atom stereocenters. The van der Waals surface area contributed by atoms with Crippen LogP contribution in [0.2, 0.25) is 0 Å². The van der Waals surface area contributed by atoms with Crippen molar-refractivity contribution in [2.24, 2.45) is 17.8 Å². The highest BCUT2D eigenvalue weighted by molar-refractivity contribution is 5.06. The molecule has 4 aliphatic carbocycles. The number of hydrogen-bond acceptors (Lipinski definition) is 4. The molecule has 4 fully saturated rings. The van der Waals surface area contributed by atoms with Crippen molar-refractivity contribution < 1.29 is 14.6 Å². The summed E-state index contributed by atoms with van der Waals surface area (Å²) in [6.45, 7) is 4.96. The number of hydrogen-bond donors (Lipinski definition) is 2. The quantitative estimate of drug-likeness (QED) is 0.639. The Balaban J connectivity index is 1.37. The summed E-state index contributed by atoms with van der Waals surface area (Å²) in [4.78, 5) is 0. The highest BCUT2D eigenvalue weighted by Gasteiger charge is 2.50. The van der Waals surface area contributed by atoms with Crippen LogP contribution in [0.15, 0.2) is 0 Å². The van der Waals surface area contributed by atoms with Crippen molar-refractivity contribution in [2.45, 2.75) is 57.1 Å². The lowest BCUT2D eigenvalue weighted by Crippen LogP contribution is -2.59. The standard InChI is InChI=1S/C17H31NO3/c1-2-20-3-4-21-12-16(19)11-18-17-8-13-5-14(9-17)7-15(6-13)10-17/h13-16,18-19H,2-12H2,1H3. The number of ether oxygens (including phenoxy) is 2. The third-order valence-corrected chi connectivity index (χ3v) is 5.64. The van der Waals surface area contributed by atoms with E-state index in [1.165, 1.54) is 38.5 Å². The number of β-amino-alcohol motifs (C(OH)–C–C–N with tert-alkyl or cyclic N) is 1. The Morgan fingerprint density at radius 1 is 1.05 bits per heavy atom. The van der Waals surface area contributed by atoms with Crippen LogP contribution in [0, 0.1) is 17.8 Å². The van der Waals surface area contributed by atoms with E-state index in [9.17, 15) is 5.11 Å². The van der Waals surface area contributed by atoms with Crippen LogP contribution >= 0.6 is 0 Å². The molecule has 0 aliphatic heterocycles. The molecule has 4 aliphatic rings. The fourth-order valence-corrected chi connectivity index (χ4v) is 5.20. The molecule has 0 aromatic carbocycles. The summed E-state index contributed by atoms with van der Waals surface area (Å²) in [6, 6.07) is 0. The molecule has 0 spiro atoms. The zero-order valence-corrected chi connectivity index (χ0v) is 13.4. The average Bonchev–Trinajstić information content (AvgIpc) is 2.44. The number of nitrogens with one attached hydrogen (secondary N) is 1. The fraction of sp³-hybridized carbons (Fsp3) is 1.00. The van der Waals surface area contributed by atoms with Gasteiger partial charge in [-0.25, -0.2) is 0 Å². The minimum Gasteiger partial charge on any atom is -0.389 e. The molecule has 4 saturated carbocycles. The topological polar surface area (TPSA) is 50.7 Å². The van der Waals surface area contributed by atoms with E-state index in [1.807, 2.05) is 6.92 Å². The van der Waals surface area contributed by atoms with E-state index in [0.29, 0.717) is 31.9 Å². The van der Waals surface area contributed by atoms with Gasteiger partial charge in [-0.15, -0.1) is 0 Å². The van der Waals surface area contributed by atoms with Gasteiger partial charge in [0.15, 0.2) is 0 Å². The van der Waals surface area contributed by atoms with Gasteiger partial charge in [0.05, 0.1) is 25.9 Å². The van der Waals surface area contributed by atoms with Crippen molar-refractivity contribution in [3.63, 3.8) is 0 Å². The van der Waals surface area contributed by atoms with Crippen molar-refractivity contribution in [3.8, 4) is 0 Å². The van der Waals surface area contributed by atoms with Crippen molar-refractivity contribution in [1.82, 2.24) is 5.32 Å². The Hall–Kier alpha value is -0.160. The van der Waals surface area contributed by atoms with Crippen LogP contribution in [0.1, 0.15) is 45.4 Å². The predicted octanol–water partition coefficient (Wildman–Crippen LogP) is 1.96. The lowest BCUT2D eigenvalue weighted by Gasteiger charge is -2.57. The summed E-state index contributed by atoms with van der Waals surface area (Å²) >= 11 is 0. The Morgan fingerprint density at radius 2 is 1.62 bits per heavy atom. The van der Waals surface area contributed by atoms with E-state index in [1.54, 1.807) is 0 Å². The predicted molar refractivity (Wildman–Crippen MR) is 82.2 cm³/mol. The van der Waals surface area contributed by atoms with Gasteiger partial charge in [0.2, 0.25) is 0 Å². The van der Waals surface area contributed by atoms with Crippen molar-refractivity contribution in [1.29, 1.82) is 0 Å². The lowest BCUT2D eigenvalue weighted by molar-refractivity contribution is -0.0337. The molecule has 4 rings (SSSR count). The van der Waals surface area contributed by atoms with Crippen molar-refractivity contribution >= 4 is 0 Å². The molecular weight excluding hydrogens is 266 g/mol. The van der Waals surface area contributed by atoms with Crippen LogP contribution in [0.3, 0.4) is 0 Å². The SMILES string of the molecule is CCOCCOCC(O)CNC12CC3CC(CC(C3)C1)C2. The Bertz CT molecular complexity index is 299. The van der Waals surface area contributed by atoms with Crippen molar-refractivity contribution in [2.75, 3.05) is 33.0 Å². The molecule has 21 heavy (non-hydrogen) atoms. The fourth-order valence-electron chi connectivity index (χ4n) is 5.20. The molecule has 0 saturated heterocycles. The van der Waals surface area contributed by atoms with Crippen molar-refractivity contribution in [3.05, 3.63) is 0 Å². The van der Waals surface area contributed by atoms with Gasteiger partial charge in [0, 0.05) is 18.7 Å². The summed E-state index contributed by atoms with van der Waals surface area (Å²) in [6.07, 6.45) is 7.97. The van der Waals surface area contributed by atoms with Gasteiger partial charge in [-0.05, 0) is 63.2 Å². The highest BCUT2D eigenvalue weighted by atomic mass is 16.5.